The normalized spacial score (nSPS) is 11.6. The number of halogens is 7. The summed E-state index contributed by atoms with van der Waals surface area (Å²) in [6, 6.07) is 6.66. The smallest absolute Gasteiger partial charge is 0.418 e. The van der Waals surface area contributed by atoms with E-state index in [9.17, 15) is 40.7 Å². The number of rotatable bonds is 8. The second-order valence-corrected chi connectivity index (χ2v) is 7.25. The van der Waals surface area contributed by atoms with E-state index in [4.69, 9.17) is 11.6 Å². The first-order valence-electron chi connectivity index (χ1n) is 9.55. The number of nitrogens with one attached hydrogen (secondary N) is 2. The van der Waals surface area contributed by atoms with E-state index in [-0.39, 0.29) is 30.0 Å². The van der Waals surface area contributed by atoms with Crippen LogP contribution in [-0.2, 0) is 31.5 Å². The average Bonchev–Trinajstić information content (AvgIpc) is 2.72. The maximum Gasteiger partial charge on any atom is 0.418 e. The monoisotopic (exact) mass is 510 g/mol. The summed E-state index contributed by atoms with van der Waals surface area (Å²) in [6.45, 7) is -0.850. The highest BCUT2D eigenvalue weighted by Crippen LogP contribution is 2.35. The molecule has 0 fully saturated rings. The number of hydrogen-bond acceptors (Lipinski definition) is 4. The molecule has 0 aliphatic rings. The molecule has 6 nitrogen and oxygen atoms in total. The molecule has 0 aromatic heterocycles. The van der Waals surface area contributed by atoms with Crippen LogP contribution in [0.5, 0.6) is 0 Å². The fraction of sp³-hybridized carbons (Fsp3) is 0.286. The molecular formula is C21H17ClF6N2O4. The lowest BCUT2D eigenvalue weighted by Gasteiger charge is -2.13. The first-order valence-corrected chi connectivity index (χ1v) is 9.93. The fourth-order valence-electron chi connectivity index (χ4n) is 2.65. The van der Waals surface area contributed by atoms with Crippen molar-refractivity contribution < 1.29 is 45.5 Å². The SMILES string of the molecule is O=C(CCCC(=O)OCC(=O)Nc1ccccc1C(F)(F)F)Nc1cc(C(F)(F)F)ccc1Cl. The van der Waals surface area contributed by atoms with E-state index in [1.807, 2.05) is 5.32 Å². The number of alkyl halides is 6. The number of para-hydroxylation sites is 1. The van der Waals surface area contributed by atoms with Crippen LogP contribution in [-0.4, -0.2) is 24.4 Å². The van der Waals surface area contributed by atoms with Crippen molar-refractivity contribution in [2.24, 2.45) is 0 Å². The molecule has 2 aromatic carbocycles. The predicted octanol–water partition coefficient (Wildman–Crippen LogP) is 5.67. The van der Waals surface area contributed by atoms with Crippen molar-refractivity contribution in [2.75, 3.05) is 17.2 Å². The summed E-state index contributed by atoms with van der Waals surface area (Å²) in [4.78, 5) is 35.4. The minimum absolute atomic E-state index is 0.0697. The lowest BCUT2D eigenvalue weighted by Crippen LogP contribution is -2.22. The van der Waals surface area contributed by atoms with Gasteiger partial charge in [0, 0.05) is 12.8 Å². The molecule has 0 atom stereocenters. The Morgan fingerprint density at radius 3 is 2.12 bits per heavy atom. The van der Waals surface area contributed by atoms with Gasteiger partial charge in [-0.2, -0.15) is 26.3 Å². The third kappa shape index (κ3) is 8.25. The van der Waals surface area contributed by atoms with Crippen molar-refractivity contribution in [3.05, 3.63) is 58.6 Å². The molecule has 13 heteroatoms. The predicted molar refractivity (Wildman–Crippen MR) is 110 cm³/mol. The molecule has 0 spiro atoms. The quantitative estimate of drug-likeness (QED) is 0.354. The maximum atomic E-state index is 12.9. The molecule has 0 aliphatic carbocycles. The Morgan fingerprint density at radius 1 is 0.824 bits per heavy atom. The first-order chi connectivity index (χ1) is 15.8. The van der Waals surface area contributed by atoms with Crippen molar-refractivity contribution in [3.8, 4) is 0 Å². The summed E-state index contributed by atoms with van der Waals surface area (Å²) in [5.41, 5.74) is -2.82. The molecule has 2 rings (SSSR count). The highest BCUT2D eigenvalue weighted by Gasteiger charge is 2.33. The van der Waals surface area contributed by atoms with Gasteiger partial charge in [0.1, 0.15) is 0 Å². The third-order valence-electron chi connectivity index (χ3n) is 4.22. The lowest BCUT2D eigenvalue weighted by atomic mass is 10.1. The molecule has 0 unspecified atom stereocenters. The minimum atomic E-state index is -4.70. The Kier molecular flexibility index (Phi) is 8.91. The molecule has 0 saturated heterocycles. The van der Waals surface area contributed by atoms with Gasteiger partial charge < -0.3 is 15.4 Å². The molecule has 0 aliphatic heterocycles. The van der Waals surface area contributed by atoms with Gasteiger partial charge in [-0.25, -0.2) is 0 Å². The zero-order valence-electron chi connectivity index (χ0n) is 17.1. The van der Waals surface area contributed by atoms with Gasteiger partial charge >= 0.3 is 18.3 Å². The van der Waals surface area contributed by atoms with Crippen LogP contribution in [0.1, 0.15) is 30.4 Å². The lowest BCUT2D eigenvalue weighted by molar-refractivity contribution is -0.147. The highest BCUT2D eigenvalue weighted by molar-refractivity contribution is 6.33. The number of amides is 2. The van der Waals surface area contributed by atoms with Gasteiger partial charge in [-0.05, 0) is 36.8 Å². The van der Waals surface area contributed by atoms with Gasteiger partial charge in [0.05, 0.1) is 27.5 Å². The number of carbonyl (C=O) groups is 3. The molecular weight excluding hydrogens is 494 g/mol. The molecule has 0 saturated carbocycles. The number of ether oxygens (including phenoxy) is 1. The van der Waals surface area contributed by atoms with Crippen LogP contribution in [0.25, 0.3) is 0 Å². The van der Waals surface area contributed by atoms with E-state index in [0.717, 1.165) is 30.3 Å². The highest BCUT2D eigenvalue weighted by atomic mass is 35.5. The molecule has 0 heterocycles. The number of benzene rings is 2. The summed E-state index contributed by atoms with van der Waals surface area (Å²) < 4.78 is 81.7. The second kappa shape index (κ2) is 11.2. The zero-order valence-corrected chi connectivity index (χ0v) is 17.9. The van der Waals surface area contributed by atoms with E-state index < -0.39 is 53.6 Å². The third-order valence-corrected chi connectivity index (χ3v) is 4.55. The molecule has 2 amide bonds. The van der Waals surface area contributed by atoms with Crippen molar-refractivity contribution >= 4 is 40.8 Å². The van der Waals surface area contributed by atoms with Crippen LogP contribution in [0.2, 0.25) is 5.02 Å². The Bertz CT molecular complexity index is 1060. The van der Waals surface area contributed by atoms with Crippen molar-refractivity contribution in [1.82, 2.24) is 0 Å². The van der Waals surface area contributed by atoms with Gasteiger partial charge in [-0.1, -0.05) is 23.7 Å². The molecule has 34 heavy (non-hydrogen) atoms. The van der Waals surface area contributed by atoms with Crippen LogP contribution in [0.4, 0.5) is 37.7 Å². The van der Waals surface area contributed by atoms with Crippen LogP contribution in [0, 0.1) is 0 Å². The van der Waals surface area contributed by atoms with Crippen LogP contribution in [0.3, 0.4) is 0 Å². The van der Waals surface area contributed by atoms with Crippen LogP contribution in [0.15, 0.2) is 42.5 Å². The first kappa shape index (κ1) is 27.0. The summed E-state index contributed by atoms with van der Waals surface area (Å²) >= 11 is 5.78. The van der Waals surface area contributed by atoms with Crippen LogP contribution >= 0.6 is 11.6 Å². The van der Waals surface area contributed by atoms with Crippen LogP contribution < -0.4 is 10.6 Å². The average molecular weight is 511 g/mol. The number of esters is 1. The standard InChI is InChI=1S/C21H17ClF6N2O4/c22-14-9-8-12(20(23,24)25)10-16(14)30-17(31)6-3-7-19(33)34-11-18(32)29-15-5-2-1-4-13(15)21(26,27)28/h1-2,4-5,8-10H,3,6-7,11H2,(H,29,32)(H,30,31). The Morgan fingerprint density at radius 2 is 1.47 bits per heavy atom. The van der Waals surface area contributed by atoms with E-state index in [1.165, 1.54) is 6.07 Å². The number of hydrogen-bond donors (Lipinski definition) is 2. The van der Waals surface area contributed by atoms with Crippen molar-refractivity contribution in [1.29, 1.82) is 0 Å². The van der Waals surface area contributed by atoms with E-state index in [2.05, 4.69) is 10.1 Å². The molecule has 184 valence electrons. The Labute approximate surface area is 194 Å². The Hall–Kier alpha value is -3.28. The van der Waals surface area contributed by atoms with Crippen molar-refractivity contribution in [2.45, 2.75) is 31.6 Å². The summed E-state index contributed by atoms with van der Waals surface area (Å²) in [5, 5.41) is 4.10. The maximum absolute atomic E-state index is 12.9. The fourth-order valence-corrected chi connectivity index (χ4v) is 2.81. The second-order valence-electron chi connectivity index (χ2n) is 6.85. The Balaban J connectivity index is 1.77. The summed E-state index contributed by atoms with van der Waals surface area (Å²) in [7, 11) is 0. The summed E-state index contributed by atoms with van der Waals surface area (Å²) in [6.07, 6.45) is -9.99. The zero-order chi connectivity index (χ0) is 25.5. The van der Waals surface area contributed by atoms with Gasteiger partial charge in [-0.3, -0.25) is 14.4 Å². The molecule has 2 aromatic rings. The van der Waals surface area contributed by atoms with E-state index in [1.54, 1.807) is 0 Å². The topological polar surface area (TPSA) is 84.5 Å². The number of carbonyl (C=O) groups excluding carboxylic acids is 3. The van der Waals surface area contributed by atoms with Gasteiger partial charge in [0.2, 0.25) is 5.91 Å². The largest absolute Gasteiger partial charge is 0.456 e. The van der Waals surface area contributed by atoms with Crippen molar-refractivity contribution in [3.63, 3.8) is 0 Å². The molecule has 2 N–H and O–H groups in total. The molecule has 0 radical (unpaired) electrons. The molecule has 0 bridgehead atoms. The van der Waals surface area contributed by atoms with E-state index in [0.29, 0.717) is 6.07 Å². The van der Waals surface area contributed by atoms with E-state index >= 15 is 0 Å². The van der Waals surface area contributed by atoms with Gasteiger partial charge in [0.15, 0.2) is 6.61 Å². The summed E-state index contributed by atoms with van der Waals surface area (Å²) in [5.74, 6) is -2.61. The number of anilines is 2. The van der Waals surface area contributed by atoms with Gasteiger partial charge in [0.25, 0.3) is 5.91 Å². The minimum Gasteiger partial charge on any atom is -0.456 e. The van der Waals surface area contributed by atoms with Gasteiger partial charge in [-0.15, -0.1) is 0 Å².